The highest BCUT2D eigenvalue weighted by Crippen LogP contribution is 2.10. The van der Waals surface area contributed by atoms with Gasteiger partial charge in [-0.2, -0.15) is 5.10 Å². The molecular formula is C14H15N3O3. The molecule has 0 unspecified atom stereocenters. The highest BCUT2D eigenvalue weighted by Gasteiger charge is 2.09. The van der Waals surface area contributed by atoms with Crippen molar-refractivity contribution >= 4 is 11.9 Å². The van der Waals surface area contributed by atoms with E-state index in [4.69, 9.17) is 4.74 Å². The lowest BCUT2D eigenvalue weighted by atomic mass is 10.2. The zero-order valence-corrected chi connectivity index (χ0v) is 11.1. The normalized spacial score (nSPS) is 10.1. The Morgan fingerprint density at radius 1 is 1.35 bits per heavy atom. The molecular weight excluding hydrogens is 258 g/mol. The molecule has 1 heterocycles. The topological polar surface area (TPSA) is 73.2 Å². The SMILES string of the molecule is CNC(=O)CCOC(=O)c1cccc(-n2cccn2)c1. The summed E-state index contributed by atoms with van der Waals surface area (Å²) in [7, 11) is 1.54. The number of hydrogen-bond donors (Lipinski definition) is 1. The van der Waals surface area contributed by atoms with Gasteiger partial charge in [-0.1, -0.05) is 6.07 Å². The Morgan fingerprint density at radius 3 is 2.90 bits per heavy atom. The summed E-state index contributed by atoms with van der Waals surface area (Å²) < 4.78 is 6.70. The zero-order valence-electron chi connectivity index (χ0n) is 11.1. The number of aromatic nitrogens is 2. The van der Waals surface area contributed by atoms with E-state index >= 15 is 0 Å². The van der Waals surface area contributed by atoms with Crippen molar-refractivity contribution in [1.82, 2.24) is 15.1 Å². The molecule has 6 nitrogen and oxygen atoms in total. The molecule has 6 heteroatoms. The molecule has 20 heavy (non-hydrogen) atoms. The molecule has 104 valence electrons. The summed E-state index contributed by atoms with van der Waals surface area (Å²) in [5, 5.41) is 6.56. The highest BCUT2D eigenvalue weighted by molar-refractivity contribution is 5.90. The molecule has 0 saturated carbocycles. The lowest BCUT2D eigenvalue weighted by Gasteiger charge is -2.06. The van der Waals surface area contributed by atoms with Gasteiger partial charge in [-0.05, 0) is 24.3 Å². The van der Waals surface area contributed by atoms with Gasteiger partial charge in [-0.15, -0.1) is 0 Å². The van der Waals surface area contributed by atoms with Crippen LogP contribution in [0, 0.1) is 0 Å². The largest absolute Gasteiger partial charge is 0.462 e. The minimum absolute atomic E-state index is 0.0600. The van der Waals surface area contributed by atoms with Crippen molar-refractivity contribution in [2.24, 2.45) is 0 Å². The maximum atomic E-state index is 11.9. The van der Waals surface area contributed by atoms with Gasteiger partial charge in [0.05, 0.1) is 17.7 Å². The van der Waals surface area contributed by atoms with Crippen molar-refractivity contribution in [2.75, 3.05) is 13.7 Å². The molecule has 2 rings (SSSR count). The lowest BCUT2D eigenvalue weighted by molar-refractivity contribution is -0.121. The molecule has 0 aliphatic heterocycles. The van der Waals surface area contributed by atoms with E-state index < -0.39 is 5.97 Å². The molecule has 1 amide bonds. The number of hydrogen-bond acceptors (Lipinski definition) is 4. The molecule has 1 aromatic carbocycles. The number of nitrogens with zero attached hydrogens (tertiary/aromatic N) is 2. The smallest absolute Gasteiger partial charge is 0.338 e. The van der Waals surface area contributed by atoms with Crippen LogP contribution in [0.15, 0.2) is 42.7 Å². The summed E-state index contributed by atoms with van der Waals surface area (Å²) in [5.41, 5.74) is 1.20. The number of esters is 1. The summed E-state index contributed by atoms with van der Waals surface area (Å²) in [6.07, 6.45) is 3.60. The van der Waals surface area contributed by atoms with Crippen LogP contribution in [0.25, 0.3) is 5.69 Å². The third-order valence-corrected chi connectivity index (χ3v) is 2.69. The molecule has 0 radical (unpaired) electrons. The Balaban J connectivity index is 2.00. The van der Waals surface area contributed by atoms with Crippen LogP contribution in [-0.4, -0.2) is 35.3 Å². The first-order chi connectivity index (χ1) is 9.70. The molecule has 0 atom stereocenters. The second-order valence-electron chi connectivity index (χ2n) is 4.06. The van der Waals surface area contributed by atoms with Gasteiger partial charge in [0.2, 0.25) is 5.91 Å². The zero-order chi connectivity index (χ0) is 14.4. The fraction of sp³-hybridized carbons (Fsp3) is 0.214. The van der Waals surface area contributed by atoms with Crippen LogP contribution in [0.3, 0.4) is 0 Å². The van der Waals surface area contributed by atoms with Crippen LogP contribution >= 0.6 is 0 Å². The summed E-state index contributed by atoms with van der Waals surface area (Å²) in [6, 6.07) is 8.75. The van der Waals surface area contributed by atoms with E-state index in [1.54, 1.807) is 41.3 Å². The number of benzene rings is 1. The summed E-state index contributed by atoms with van der Waals surface area (Å²) in [5.74, 6) is -0.619. The van der Waals surface area contributed by atoms with Crippen LogP contribution in [0.2, 0.25) is 0 Å². The molecule has 0 fully saturated rings. The third kappa shape index (κ3) is 3.44. The first-order valence-electron chi connectivity index (χ1n) is 6.18. The standard InChI is InChI=1S/C14H15N3O3/c1-15-13(18)6-9-20-14(19)11-4-2-5-12(10-11)17-8-3-7-16-17/h2-5,7-8,10H,6,9H2,1H3,(H,15,18). The number of ether oxygens (including phenoxy) is 1. The van der Waals surface area contributed by atoms with E-state index in [9.17, 15) is 9.59 Å². The average molecular weight is 273 g/mol. The molecule has 1 aromatic heterocycles. The maximum absolute atomic E-state index is 11.9. The van der Waals surface area contributed by atoms with Gasteiger partial charge < -0.3 is 10.1 Å². The van der Waals surface area contributed by atoms with Crippen molar-refractivity contribution < 1.29 is 14.3 Å². The predicted octanol–water partition coefficient (Wildman–Crippen LogP) is 1.17. The number of carbonyl (C=O) groups is 2. The second kappa shape index (κ2) is 6.51. The monoisotopic (exact) mass is 273 g/mol. The summed E-state index contributed by atoms with van der Waals surface area (Å²) in [4.78, 5) is 22.9. The van der Waals surface area contributed by atoms with Gasteiger partial charge in [0.1, 0.15) is 6.61 Å². The Labute approximate surface area is 116 Å². The number of rotatable bonds is 5. The Hall–Kier alpha value is -2.63. The average Bonchev–Trinajstić information content (AvgIpc) is 3.01. The van der Waals surface area contributed by atoms with E-state index in [1.807, 2.05) is 6.07 Å². The summed E-state index contributed by atoms with van der Waals surface area (Å²) in [6.45, 7) is 0.0600. The summed E-state index contributed by atoms with van der Waals surface area (Å²) >= 11 is 0. The fourth-order valence-corrected chi connectivity index (χ4v) is 1.64. The molecule has 0 saturated heterocycles. The van der Waals surface area contributed by atoms with Crippen LogP contribution < -0.4 is 5.32 Å². The van der Waals surface area contributed by atoms with Crippen molar-refractivity contribution in [2.45, 2.75) is 6.42 Å². The van der Waals surface area contributed by atoms with E-state index in [1.165, 1.54) is 7.05 Å². The predicted molar refractivity (Wildman–Crippen MR) is 72.5 cm³/mol. The molecule has 0 spiro atoms. The van der Waals surface area contributed by atoms with Crippen LogP contribution in [0.5, 0.6) is 0 Å². The van der Waals surface area contributed by atoms with Crippen molar-refractivity contribution in [3.05, 3.63) is 48.3 Å². The fourth-order valence-electron chi connectivity index (χ4n) is 1.64. The van der Waals surface area contributed by atoms with Gasteiger partial charge in [0.25, 0.3) is 0 Å². The van der Waals surface area contributed by atoms with Gasteiger partial charge in [-0.25, -0.2) is 9.48 Å². The van der Waals surface area contributed by atoms with Gasteiger partial charge >= 0.3 is 5.97 Å². The number of amides is 1. The van der Waals surface area contributed by atoms with Crippen molar-refractivity contribution in [3.8, 4) is 5.69 Å². The van der Waals surface area contributed by atoms with Crippen molar-refractivity contribution in [1.29, 1.82) is 0 Å². The molecule has 0 bridgehead atoms. The van der Waals surface area contributed by atoms with Crippen LogP contribution in [0.1, 0.15) is 16.8 Å². The second-order valence-corrected chi connectivity index (χ2v) is 4.06. The van der Waals surface area contributed by atoms with E-state index in [0.29, 0.717) is 5.56 Å². The van der Waals surface area contributed by atoms with Crippen molar-refractivity contribution in [3.63, 3.8) is 0 Å². The molecule has 0 aliphatic rings. The molecule has 0 aliphatic carbocycles. The van der Waals surface area contributed by atoms with E-state index in [2.05, 4.69) is 10.4 Å². The van der Waals surface area contributed by atoms with E-state index in [-0.39, 0.29) is 18.9 Å². The minimum Gasteiger partial charge on any atom is -0.462 e. The lowest BCUT2D eigenvalue weighted by Crippen LogP contribution is -2.20. The minimum atomic E-state index is -0.456. The first kappa shape index (κ1) is 13.8. The Bertz CT molecular complexity index is 593. The highest BCUT2D eigenvalue weighted by atomic mass is 16.5. The van der Waals surface area contributed by atoms with Gasteiger partial charge in [0.15, 0.2) is 0 Å². The number of nitrogens with one attached hydrogen (secondary N) is 1. The van der Waals surface area contributed by atoms with E-state index in [0.717, 1.165) is 5.69 Å². The Morgan fingerprint density at radius 2 is 2.20 bits per heavy atom. The number of carbonyl (C=O) groups excluding carboxylic acids is 2. The maximum Gasteiger partial charge on any atom is 0.338 e. The van der Waals surface area contributed by atoms with Gasteiger partial charge in [0, 0.05) is 19.4 Å². The quantitative estimate of drug-likeness (QED) is 0.830. The first-order valence-corrected chi connectivity index (χ1v) is 6.18. The van der Waals surface area contributed by atoms with Crippen LogP contribution in [-0.2, 0) is 9.53 Å². The molecule has 2 aromatic rings. The Kier molecular flexibility index (Phi) is 4.49. The third-order valence-electron chi connectivity index (χ3n) is 2.69. The molecule has 1 N–H and O–H groups in total. The van der Waals surface area contributed by atoms with Gasteiger partial charge in [-0.3, -0.25) is 4.79 Å². The van der Waals surface area contributed by atoms with Crippen LogP contribution in [0.4, 0.5) is 0 Å².